The Morgan fingerprint density at radius 2 is 1.50 bits per heavy atom. The highest BCUT2D eigenvalue weighted by Crippen LogP contribution is 2.21. The molecule has 3 N–H and O–H groups in total. The Morgan fingerprint density at radius 3 is 2.11 bits per heavy atom. The molecule has 28 heavy (non-hydrogen) atoms. The van der Waals surface area contributed by atoms with Crippen LogP contribution in [-0.2, 0) is 16.0 Å². The van der Waals surface area contributed by atoms with Crippen LogP contribution in [0.4, 0.5) is 0 Å². The van der Waals surface area contributed by atoms with Crippen LogP contribution in [0, 0.1) is 0 Å². The zero-order valence-electron chi connectivity index (χ0n) is 15.7. The molecular weight excluding hydrogens is 376 g/mol. The minimum Gasteiger partial charge on any atom is -0.481 e. The number of aryl methyl sites for hydroxylation is 1. The van der Waals surface area contributed by atoms with Gasteiger partial charge in [0, 0.05) is 5.75 Å². The second-order valence-corrected chi connectivity index (χ2v) is 7.94. The molecule has 0 radical (unpaired) electrons. The van der Waals surface area contributed by atoms with Crippen molar-refractivity contribution in [1.82, 2.24) is 0 Å². The van der Waals surface area contributed by atoms with Gasteiger partial charge in [0.05, 0.1) is 6.42 Å². The van der Waals surface area contributed by atoms with Crippen LogP contribution in [-0.4, -0.2) is 44.4 Å². The largest absolute Gasteiger partial charge is 0.481 e. The van der Waals surface area contributed by atoms with E-state index in [0.717, 1.165) is 25.7 Å². The highest BCUT2D eigenvalue weighted by Gasteiger charge is 2.38. The number of aliphatic hydroxyl groups is 1. The maximum Gasteiger partial charge on any atom is 0.337 e. The molecule has 0 saturated carbocycles. The van der Waals surface area contributed by atoms with E-state index in [1.165, 1.54) is 28.5 Å². The average Bonchev–Trinajstić information content (AvgIpc) is 2.68. The van der Waals surface area contributed by atoms with Crippen LogP contribution in [0.5, 0.6) is 0 Å². The average molecular weight is 403 g/mol. The smallest absolute Gasteiger partial charge is 0.337 e. The lowest BCUT2D eigenvalue weighted by molar-refractivity contribution is -0.162. The van der Waals surface area contributed by atoms with Crippen molar-refractivity contribution < 1.29 is 24.9 Å². The normalized spacial score (nSPS) is 13.0. The van der Waals surface area contributed by atoms with Crippen molar-refractivity contribution in [1.29, 1.82) is 0 Å². The second kappa shape index (κ2) is 10.9. The Labute approximate surface area is 169 Å². The molecule has 0 aliphatic rings. The van der Waals surface area contributed by atoms with Crippen molar-refractivity contribution in [3.05, 3.63) is 60.2 Å². The molecule has 1 unspecified atom stereocenters. The van der Waals surface area contributed by atoms with Gasteiger partial charge in [-0.1, -0.05) is 61.0 Å². The fourth-order valence-electron chi connectivity index (χ4n) is 2.88. The van der Waals surface area contributed by atoms with Gasteiger partial charge < -0.3 is 15.3 Å². The van der Waals surface area contributed by atoms with Crippen LogP contribution in [0.25, 0.3) is 11.1 Å². The zero-order valence-corrected chi connectivity index (χ0v) is 16.5. The van der Waals surface area contributed by atoms with E-state index < -0.39 is 24.0 Å². The quantitative estimate of drug-likeness (QED) is 0.463. The Morgan fingerprint density at radius 1 is 0.857 bits per heavy atom. The molecule has 2 rings (SSSR count). The van der Waals surface area contributed by atoms with Gasteiger partial charge >= 0.3 is 11.9 Å². The molecule has 0 bridgehead atoms. The van der Waals surface area contributed by atoms with Gasteiger partial charge in [0.15, 0.2) is 5.60 Å². The number of hydrogen-bond acceptors (Lipinski definition) is 4. The van der Waals surface area contributed by atoms with Gasteiger partial charge in [-0.05, 0) is 41.7 Å². The van der Waals surface area contributed by atoms with Gasteiger partial charge in [-0.3, -0.25) is 4.79 Å². The molecule has 1 atom stereocenters. The van der Waals surface area contributed by atoms with E-state index in [1.807, 2.05) is 18.2 Å². The summed E-state index contributed by atoms with van der Waals surface area (Å²) >= 11 is 1.28. The molecule has 2 aromatic carbocycles. The van der Waals surface area contributed by atoms with E-state index in [-0.39, 0.29) is 5.75 Å². The van der Waals surface area contributed by atoms with Crippen molar-refractivity contribution in [2.45, 2.75) is 37.7 Å². The van der Waals surface area contributed by atoms with E-state index in [0.29, 0.717) is 5.75 Å². The number of carboxylic acid groups (broad SMARTS) is 2. The van der Waals surface area contributed by atoms with Crippen molar-refractivity contribution in [2.24, 2.45) is 0 Å². The fourth-order valence-corrected chi connectivity index (χ4v) is 4.00. The number of unbranched alkanes of at least 4 members (excludes halogenated alkanes) is 2. The first-order valence-electron chi connectivity index (χ1n) is 9.30. The standard InChI is InChI=1S/C22H26O5S/c23-20(24)15-22(27,21(25)26)16-28-14-6-2-3-7-17-10-12-19(13-11-17)18-8-4-1-5-9-18/h1,4-5,8-13,27H,2-3,6-7,14-16H2,(H,23,24)(H,25,26). The summed E-state index contributed by atoms with van der Waals surface area (Å²) in [7, 11) is 0. The predicted octanol–water partition coefficient (Wildman–Crippen LogP) is 4.09. The summed E-state index contributed by atoms with van der Waals surface area (Å²) in [5, 5.41) is 27.7. The summed E-state index contributed by atoms with van der Waals surface area (Å²) in [5.41, 5.74) is 1.49. The Hall–Kier alpha value is -2.31. The molecular formula is C22H26O5S. The third-order valence-electron chi connectivity index (χ3n) is 4.50. The molecule has 6 heteroatoms. The molecule has 5 nitrogen and oxygen atoms in total. The van der Waals surface area contributed by atoms with Crippen LogP contribution in [0.2, 0.25) is 0 Å². The highest BCUT2D eigenvalue weighted by atomic mass is 32.2. The van der Waals surface area contributed by atoms with Crippen molar-refractivity contribution in [2.75, 3.05) is 11.5 Å². The van der Waals surface area contributed by atoms with E-state index in [9.17, 15) is 14.7 Å². The van der Waals surface area contributed by atoms with Crippen LogP contribution < -0.4 is 0 Å². The maximum absolute atomic E-state index is 11.1. The number of thioether (sulfide) groups is 1. The van der Waals surface area contributed by atoms with E-state index in [1.54, 1.807) is 0 Å². The zero-order chi connectivity index (χ0) is 20.4. The van der Waals surface area contributed by atoms with Gasteiger partial charge in [0.1, 0.15) is 0 Å². The van der Waals surface area contributed by atoms with Crippen LogP contribution in [0.1, 0.15) is 31.2 Å². The lowest BCUT2D eigenvalue weighted by Gasteiger charge is -2.20. The minimum absolute atomic E-state index is 0.115. The Bertz CT molecular complexity index is 760. The SMILES string of the molecule is O=C(O)CC(O)(CSCCCCCc1ccc(-c2ccccc2)cc1)C(=O)O. The molecule has 0 aliphatic heterocycles. The summed E-state index contributed by atoms with van der Waals surface area (Å²) < 4.78 is 0. The number of carbonyl (C=O) groups is 2. The fraction of sp³-hybridized carbons (Fsp3) is 0.364. The highest BCUT2D eigenvalue weighted by molar-refractivity contribution is 7.99. The Kier molecular flexibility index (Phi) is 8.54. The number of carboxylic acids is 2. The maximum atomic E-state index is 11.1. The summed E-state index contributed by atoms with van der Waals surface area (Å²) in [4.78, 5) is 21.8. The molecule has 0 fully saturated rings. The summed E-state index contributed by atoms with van der Waals surface area (Å²) in [6.07, 6.45) is 3.13. The lowest BCUT2D eigenvalue weighted by Crippen LogP contribution is -2.43. The molecule has 0 heterocycles. The number of hydrogen-bond donors (Lipinski definition) is 3. The minimum atomic E-state index is -2.20. The predicted molar refractivity (Wildman–Crippen MR) is 112 cm³/mol. The molecule has 150 valence electrons. The Balaban J connectivity index is 1.65. The third kappa shape index (κ3) is 7.02. The van der Waals surface area contributed by atoms with Gasteiger partial charge in [-0.2, -0.15) is 11.8 Å². The molecule has 0 spiro atoms. The van der Waals surface area contributed by atoms with Crippen molar-refractivity contribution in [3.63, 3.8) is 0 Å². The first-order chi connectivity index (χ1) is 13.4. The topological polar surface area (TPSA) is 94.8 Å². The van der Waals surface area contributed by atoms with E-state index >= 15 is 0 Å². The molecule has 2 aromatic rings. The van der Waals surface area contributed by atoms with Gasteiger partial charge in [0.25, 0.3) is 0 Å². The lowest BCUT2D eigenvalue weighted by atomic mass is 10.0. The molecule has 0 saturated heterocycles. The second-order valence-electron chi connectivity index (χ2n) is 6.83. The molecule has 0 amide bonds. The molecule has 0 aliphatic carbocycles. The van der Waals surface area contributed by atoms with Crippen LogP contribution in [0.15, 0.2) is 54.6 Å². The number of rotatable bonds is 12. The summed E-state index contributed by atoms with van der Waals surface area (Å²) in [6.45, 7) is 0. The van der Waals surface area contributed by atoms with E-state index in [2.05, 4.69) is 36.4 Å². The van der Waals surface area contributed by atoms with Crippen LogP contribution >= 0.6 is 11.8 Å². The number of aliphatic carboxylic acids is 2. The van der Waals surface area contributed by atoms with Crippen LogP contribution in [0.3, 0.4) is 0 Å². The first-order valence-corrected chi connectivity index (χ1v) is 10.5. The third-order valence-corrected chi connectivity index (χ3v) is 5.76. The van der Waals surface area contributed by atoms with Crippen molar-refractivity contribution in [3.8, 4) is 11.1 Å². The van der Waals surface area contributed by atoms with Crippen molar-refractivity contribution >= 4 is 23.7 Å². The summed E-state index contributed by atoms with van der Waals surface area (Å²) in [6, 6.07) is 18.8. The monoisotopic (exact) mass is 402 g/mol. The van der Waals surface area contributed by atoms with Gasteiger partial charge in [-0.25, -0.2) is 4.79 Å². The molecule has 0 aromatic heterocycles. The number of benzene rings is 2. The van der Waals surface area contributed by atoms with Gasteiger partial charge in [0.2, 0.25) is 0 Å². The van der Waals surface area contributed by atoms with E-state index in [4.69, 9.17) is 10.2 Å². The first kappa shape index (κ1) is 22.0. The van der Waals surface area contributed by atoms with Gasteiger partial charge in [-0.15, -0.1) is 0 Å². The summed E-state index contributed by atoms with van der Waals surface area (Å²) in [5.74, 6) is -2.22.